The molecule has 4 aromatic rings. The van der Waals surface area contributed by atoms with Crippen LogP contribution < -0.4 is 10.9 Å². The first-order chi connectivity index (χ1) is 15.8. The normalized spacial score (nSPS) is 13.3. The Hall–Kier alpha value is -3.94. The van der Waals surface area contributed by atoms with Crippen LogP contribution in [0.2, 0.25) is 0 Å². The minimum atomic E-state index is -0.915. The van der Waals surface area contributed by atoms with Crippen molar-refractivity contribution in [2.75, 3.05) is 5.32 Å². The minimum absolute atomic E-state index is 0.0232. The summed E-state index contributed by atoms with van der Waals surface area (Å²) in [7, 11) is 0. The highest BCUT2D eigenvalue weighted by atomic mass is 19.1. The molecule has 8 heteroatoms. The van der Waals surface area contributed by atoms with Gasteiger partial charge in [0.25, 0.3) is 5.56 Å². The molecular formula is C25H18F3N3O2. The number of aromatic amines is 1. The average Bonchev–Trinajstić information content (AvgIpc) is 3.60. The lowest BCUT2D eigenvalue weighted by atomic mass is 9.95. The van der Waals surface area contributed by atoms with Crippen molar-refractivity contribution in [3.8, 4) is 22.3 Å². The van der Waals surface area contributed by atoms with E-state index in [1.807, 2.05) is 0 Å². The standard InChI is InChI=1S/C25H18F3N3O2/c1-12-9-14(26)7-8-15(12)16-10-20(31-24(32)13-5-6-13)30-23-17(16)11-29-25(33)22(23)21-18(27)3-2-4-19(21)28/h2-4,7-11,13H,5-6H2,1H3,(H,29,33)(H,30,31,32). The van der Waals surface area contributed by atoms with E-state index in [4.69, 9.17) is 0 Å². The second-order valence-electron chi connectivity index (χ2n) is 8.13. The molecule has 0 atom stereocenters. The summed E-state index contributed by atoms with van der Waals surface area (Å²) in [6.07, 6.45) is 2.95. The lowest BCUT2D eigenvalue weighted by Crippen LogP contribution is -2.16. The summed E-state index contributed by atoms with van der Waals surface area (Å²) >= 11 is 0. The quantitative estimate of drug-likeness (QED) is 0.442. The molecule has 166 valence electrons. The summed E-state index contributed by atoms with van der Waals surface area (Å²) in [6.45, 7) is 1.72. The molecule has 5 rings (SSSR count). The first-order valence-corrected chi connectivity index (χ1v) is 10.4. The number of nitrogens with one attached hydrogen (secondary N) is 2. The van der Waals surface area contributed by atoms with Crippen LogP contribution in [-0.4, -0.2) is 15.9 Å². The molecule has 1 aliphatic rings. The van der Waals surface area contributed by atoms with Crippen LogP contribution in [0.15, 0.2) is 53.5 Å². The van der Waals surface area contributed by atoms with E-state index in [1.165, 1.54) is 24.4 Å². The van der Waals surface area contributed by atoms with E-state index < -0.39 is 28.6 Å². The summed E-state index contributed by atoms with van der Waals surface area (Å²) in [5.41, 5.74) is 0.250. The summed E-state index contributed by atoms with van der Waals surface area (Å²) in [5.74, 6) is -2.43. The van der Waals surface area contributed by atoms with E-state index in [9.17, 15) is 22.8 Å². The number of carbonyl (C=O) groups excluding carboxylic acids is 1. The van der Waals surface area contributed by atoms with Crippen molar-refractivity contribution in [3.05, 3.63) is 82.0 Å². The number of carbonyl (C=O) groups is 1. The highest BCUT2D eigenvalue weighted by Gasteiger charge is 2.30. The molecule has 33 heavy (non-hydrogen) atoms. The summed E-state index contributed by atoms with van der Waals surface area (Å²) in [6, 6.07) is 9.15. The molecule has 0 spiro atoms. The predicted octanol–water partition coefficient (Wildman–Crippen LogP) is 5.33. The third-order valence-electron chi connectivity index (χ3n) is 5.76. The summed E-state index contributed by atoms with van der Waals surface area (Å²) < 4.78 is 43.1. The minimum Gasteiger partial charge on any atom is -0.328 e. The van der Waals surface area contributed by atoms with E-state index >= 15 is 0 Å². The van der Waals surface area contributed by atoms with Gasteiger partial charge in [-0.05, 0) is 66.8 Å². The molecule has 0 saturated heterocycles. The zero-order valence-corrected chi connectivity index (χ0v) is 17.5. The maximum atomic E-state index is 14.7. The van der Waals surface area contributed by atoms with Crippen LogP contribution in [0.4, 0.5) is 19.0 Å². The molecule has 1 fully saturated rings. The van der Waals surface area contributed by atoms with E-state index in [1.54, 1.807) is 19.1 Å². The predicted molar refractivity (Wildman–Crippen MR) is 119 cm³/mol. The topological polar surface area (TPSA) is 74.8 Å². The highest BCUT2D eigenvalue weighted by molar-refractivity contribution is 6.04. The van der Waals surface area contributed by atoms with Gasteiger partial charge in [-0.15, -0.1) is 0 Å². The van der Waals surface area contributed by atoms with Gasteiger partial charge in [0.05, 0.1) is 16.6 Å². The van der Waals surface area contributed by atoms with Crippen LogP contribution in [0.5, 0.6) is 0 Å². The van der Waals surface area contributed by atoms with E-state index in [0.29, 0.717) is 22.1 Å². The van der Waals surface area contributed by atoms with Crippen molar-refractivity contribution in [2.24, 2.45) is 5.92 Å². The van der Waals surface area contributed by atoms with Crippen LogP contribution in [-0.2, 0) is 4.79 Å². The molecule has 2 aromatic carbocycles. The van der Waals surface area contributed by atoms with Gasteiger partial charge >= 0.3 is 0 Å². The first-order valence-electron chi connectivity index (χ1n) is 10.4. The van der Waals surface area contributed by atoms with Gasteiger partial charge in [-0.2, -0.15) is 0 Å². The molecule has 0 unspecified atom stereocenters. The number of fused-ring (bicyclic) bond motifs is 1. The lowest BCUT2D eigenvalue weighted by molar-refractivity contribution is -0.117. The largest absolute Gasteiger partial charge is 0.328 e. The van der Waals surface area contributed by atoms with Gasteiger partial charge < -0.3 is 10.3 Å². The number of nitrogens with zero attached hydrogens (tertiary/aromatic N) is 1. The molecule has 0 aliphatic heterocycles. The number of pyridine rings is 2. The van der Waals surface area contributed by atoms with E-state index in [0.717, 1.165) is 25.0 Å². The van der Waals surface area contributed by atoms with Crippen molar-refractivity contribution in [1.82, 2.24) is 9.97 Å². The number of H-pyrrole nitrogens is 1. The number of amides is 1. The highest BCUT2D eigenvalue weighted by Crippen LogP contribution is 2.37. The zero-order valence-electron chi connectivity index (χ0n) is 17.5. The molecule has 0 bridgehead atoms. The molecule has 2 heterocycles. The second kappa shape index (κ2) is 7.88. The Morgan fingerprint density at radius 2 is 1.76 bits per heavy atom. The number of halogens is 3. The Morgan fingerprint density at radius 1 is 1.03 bits per heavy atom. The van der Waals surface area contributed by atoms with Crippen LogP contribution in [0.1, 0.15) is 18.4 Å². The van der Waals surface area contributed by atoms with Gasteiger partial charge in [-0.3, -0.25) is 9.59 Å². The Bertz CT molecular complexity index is 1470. The molecule has 1 saturated carbocycles. The number of anilines is 1. The zero-order chi connectivity index (χ0) is 23.3. The van der Waals surface area contributed by atoms with Gasteiger partial charge in [0.2, 0.25) is 5.91 Å². The lowest BCUT2D eigenvalue weighted by Gasteiger charge is -2.15. The van der Waals surface area contributed by atoms with Crippen LogP contribution >= 0.6 is 0 Å². The van der Waals surface area contributed by atoms with Gasteiger partial charge in [0.15, 0.2) is 0 Å². The SMILES string of the molecule is Cc1cc(F)ccc1-c1cc(NC(=O)C2CC2)nc2c(-c3c(F)cccc3F)c(=O)[nH]cc12. The van der Waals surface area contributed by atoms with Crippen molar-refractivity contribution in [3.63, 3.8) is 0 Å². The number of hydrogen-bond acceptors (Lipinski definition) is 3. The monoisotopic (exact) mass is 449 g/mol. The number of aryl methyl sites for hydroxylation is 1. The van der Waals surface area contributed by atoms with Crippen LogP contribution in [0, 0.1) is 30.3 Å². The van der Waals surface area contributed by atoms with Gasteiger partial charge in [-0.25, -0.2) is 18.2 Å². The summed E-state index contributed by atoms with van der Waals surface area (Å²) in [5, 5.41) is 3.14. The van der Waals surface area contributed by atoms with Crippen molar-refractivity contribution in [1.29, 1.82) is 0 Å². The van der Waals surface area contributed by atoms with Crippen molar-refractivity contribution < 1.29 is 18.0 Å². The van der Waals surface area contributed by atoms with Gasteiger partial charge in [0, 0.05) is 17.5 Å². The average molecular weight is 449 g/mol. The fraction of sp³-hybridized carbons (Fsp3) is 0.160. The van der Waals surface area contributed by atoms with E-state index in [2.05, 4.69) is 15.3 Å². The molecule has 2 N–H and O–H groups in total. The number of benzene rings is 2. The Balaban J connectivity index is 1.84. The number of rotatable bonds is 4. The fourth-order valence-corrected chi connectivity index (χ4v) is 3.97. The molecule has 0 radical (unpaired) electrons. The van der Waals surface area contributed by atoms with Crippen molar-refractivity contribution >= 4 is 22.6 Å². The molecule has 1 amide bonds. The Morgan fingerprint density at radius 3 is 2.42 bits per heavy atom. The maximum Gasteiger partial charge on any atom is 0.258 e. The fourth-order valence-electron chi connectivity index (χ4n) is 3.97. The maximum absolute atomic E-state index is 14.7. The molecule has 1 aliphatic carbocycles. The van der Waals surface area contributed by atoms with Gasteiger partial charge in [-0.1, -0.05) is 12.1 Å². The number of hydrogen-bond donors (Lipinski definition) is 2. The molecule has 5 nitrogen and oxygen atoms in total. The third kappa shape index (κ3) is 3.77. The molecule has 2 aromatic heterocycles. The third-order valence-corrected chi connectivity index (χ3v) is 5.76. The van der Waals surface area contributed by atoms with E-state index in [-0.39, 0.29) is 28.7 Å². The second-order valence-corrected chi connectivity index (χ2v) is 8.13. The first kappa shape index (κ1) is 20.9. The van der Waals surface area contributed by atoms with Gasteiger partial charge in [0.1, 0.15) is 23.3 Å². The molecular weight excluding hydrogens is 431 g/mol. The Kier molecular flexibility index (Phi) is 5.00. The van der Waals surface area contributed by atoms with Crippen molar-refractivity contribution in [2.45, 2.75) is 19.8 Å². The summed E-state index contributed by atoms with van der Waals surface area (Å²) in [4.78, 5) is 32.1. The number of aromatic nitrogens is 2. The smallest absolute Gasteiger partial charge is 0.258 e. The van der Waals surface area contributed by atoms with Crippen LogP contribution in [0.3, 0.4) is 0 Å². The Labute approximate surface area is 186 Å². The van der Waals surface area contributed by atoms with Crippen LogP contribution in [0.25, 0.3) is 33.2 Å².